The number of benzene rings is 1. The van der Waals surface area contributed by atoms with Gasteiger partial charge in [-0.1, -0.05) is 18.6 Å². The number of rotatable bonds is 5. The largest absolute Gasteiger partial charge is 0.486 e. The first-order valence-electron chi connectivity index (χ1n) is 8.17. The summed E-state index contributed by atoms with van der Waals surface area (Å²) in [5.74, 6) is 1.80. The Hall–Kier alpha value is -1.26. The second-order valence-corrected chi connectivity index (χ2v) is 6.02. The number of likely N-dealkylation sites (tertiary alicyclic amines) is 1. The van der Waals surface area contributed by atoms with Gasteiger partial charge in [-0.2, -0.15) is 0 Å². The van der Waals surface area contributed by atoms with Crippen LogP contribution in [-0.2, 0) is 6.54 Å². The summed E-state index contributed by atoms with van der Waals surface area (Å²) in [4.78, 5) is 2.59. The molecule has 1 aromatic rings. The molecule has 0 aromatic heterocycles. The molecule has 0 aliphatic carbocycles. The molecule has 4 heteroatoms. The summed E-state index contributed by atoms with van der Waals surface area (Å²) in [5, 5.41) is 3.57. The molecule has 4 nitrogen and oxygen atoms in total. The van der Waals surface area contributed by atoms with E-state index in [0.717, 1.165) is 24.6 Å². The van der Waals surface area contributed by atoms with Crippen molar-refractivity contribution in [3.63, 3.8) is 0 Å². The Balaban J connectivity index is 1.51. The first-order valence-corrected chi connectivity index (χ1v) is 8.17. The summed E-state index contributed by atoms with van der Waals surface area (Å²) in [7, 11) is 0. The zero-order valence-corrected chi connectivity index (χ0v) is 12.9. The lowest BCUT2D eigenvalue weighted by atomic mass is 10.1. The number of piperidine rings is 1. The number of para-hydroxylation sites is 1. The Labute approximate surface area is 127 Å². The maximum atomic E-state index is 5.75. The molecule has 3 rings (SSSR count). The number of nitrogens with zero attached hydrogens (tertiary/aromatic N) is 1. The smallest absolute Gasteiger partial charge is 0.165 e. The van der Waals surface area contributed by atoms with Crippen molar-refractivity contribution in [1.29, 1.82) is 0 Å². The van der Waals surface area contributed by atoms with Crippen molar-refractivity contribution in [2.45, 2.75) is 38.8 Å². The SMILES string of the molecule is CC(CNCc1cccc2c1OCCO2)N1CCCCC1. The molecule has 0 spiro atoms. The average molecular weight is 290 g/mol. The van der Waals surface area contributed by atoms with Gasteiger partial charge in [0.05, 0.1) is 0 Å². The van der Waals surface area contributed by atoms with Crippen molar-refractivity contribution in [3.05, 3.63) is 23.8 Å². The second kappa shape index (κ2) is 7.14. The van der Waals surface area contributed by atoms with Crippen LogP contribution in [0.1, 0.15) is 31.7 Å². The molecule has 0 amide bonds. The van der Waals surface area contributed by atoms with Gasteiger partial charge in [0.1, 0.15) is 13.2 Å². The van der Waals surface area contributed by atoms with Gasteiger partial charge in [0.2, 0.25) is 0 Å². The molecule has 1 unspecified atom stereocenters. The maximum Gasteiger partial charge on any atom is 0.165 e. The van der Waals surface area contributed by atoms with Crippen molar-refractivity contribution in [2.75, 3.05) is 32.8 Å². The standard InChI is InChI=1S/C17H26N2O2/c1-14(19-8-3-2-4-9-19)12-18-13-15-6-5-7-16-17(15)21-11-10-20-16/h5-7,14,18H,2-4,8-13H2,1H3. The molecule has 1 atom stereocenters. The van der Waals surface area contributed by atoms with E-state index in [2.05, 4.69) is 23.2 Å². The lowest BCUT2D eigenvalue weighted by molar-refractivity contribution is 0.166. The first-order chi connectivity index (χ1) is 10.3. The highest BCUT2D eigenvalue weighted by Gasteiger charge is 2.18. The van der Waals surface area contributed by atoms with Crippen LogP contribution in [0.5, 0.6) is 11.5 Å². The lowest BCUT2D eigenvalue weighted by Crippen LogP contribution is -2.43. The van der Waals surface area contributed by atoms with E-state index in [0.29, 0.717) is 19.3 Å². The van der Waals surface area contributed by atoms with E-state index in [1.165, 1.54) is 37.9 Å². The van der Waals surface area contributed by atoms with Crippen molar-refractivity contribution < 1.29 is 9.47 Å². The normalized spacial score (nSPS) is 20.2. The molecule has 2 aliphatic heterocycles. The molecule has 1 aromatic carbocycles. The van der Waals surface area contributed by atoms with Gasteiger partial charge in [0, 0.05) is 24.7 Å². The van der Waals surface area contributed by atoms with Gasteiger partial charge in [0.15, 0.2) is 11.5 Å². The van der Waals surface area contributed by atoms with Gasteiger partial charge in [-0.15, -0.1) is 0 Å². The van der Waals surface area contributed by atoms with E-state index in [9.17, 15) is 0 Å². The van der Waals surface area contributed by atoms with E-state index in [-0.39, 0.29) is 0 Å². The highest BCUT2D eigenvalue weighted by atomic mass is 16.6. The van der Waals surface area contributed by atoms with Crippen molar-refractivity contribution >= 4 is 0 Å². The zero-order valence-electron chi connectivity index (χ0n) is 12.9. The average Bonchev–Trinajstić information content (AvgIpc) is 2.56. The third-order valence-corrected chi connectivity index (χ3v) is 4.42. The summed E-state index contributed by atoms with van der Waals surface area (Å²) in [6, 6.07) is 6.74. The van der Waals surface area contributed by atoms with Gasteiger partial charge in [-0.3, -0.25) is 4.90 Å². The van der Waals surface area contributed by atoms with Gasteiger partial charge in [-0.05, 0) is 38.9 Å². The fraction of sp³-hybridized carbons (Fsp3) is 0.647. The topological polar surface area (TPSA) is 33.7 Å². The first kappa shape index (κ1) is 14.7. The molecule has 0 saturated carbocycles. The fourth-order valence-corrected chi connectivity index (χ4v) is 3.18. The fourth-order valence-electron chi connectivity index (χ4n) is 3.18. The third kappa shape index (κ3) is 3.69. The molecule has 1 N–H and O–H groups in total. The molecule has 2 heterocycles. The Kier molecular flexibility index (Phi) is 4.99. The Morgan fingerprint density at radius 1 is 1.14 bits per heavy atom. The van der Waals surface area contributed by atoms with Crippen molar-refractivity contribution in [1.82, 2.24) is 10.2 Å². The van der Waals surface area contributed by atoms with Crippen molar-refractivity contribution in [2.24, 2.45) is 0 Å². The molecular formula is C17H26N2O2. The number of ether oxygens (including phenoxy) is 2. The Bertz CT molecular complexity index is 458. The molecule has 0 bridgehead atoms. The zero-order chi connectivity index (χ0) is 14.5. The number of hydrogen-bond acceptors (Lipinski definition) is 4. The van der Waals surface area contributed by atoms with Crippen LogP contribution in [0.4, 0.5) is 0 Å². The molecule has 21 heavy (non-hydrogen) atoms. The molecule has 116 valence electrons. The van der Waals surface area contributed by atoms with E-state index in [1.807, 2.05) is 12.1 Å². The van der Waals surface area contributed by atoms with Crippen LogP contribution >= 0.6 is 0 Å². The van der Waals surface area contributed by atoms with Crippen LogP contribution in [0.25, 0.3) is 0 Å². The molecule has 1 fully saturated rings. The van der Waals surface area contributed by atoms with E-state index in [4.69, 9.17) is 9.47 Å². The predicted molar refractivity (Wildman–Crippen MR) is 84.0 cm³/mol. The molecule has 1 saturated heterocycles. The number of fused-ring (bicyclic) bond motifs is 1. The predicted octanol–water partition coefficient (Wildman–Crippen LogP) is 2.42. The maximum absolute atomic E-state index is 5.75. The van der Waals surface area contributed by atoms with Gasteiger partial charge < -0.3 is 14.8 Å². The minimum atomic E-state index is 0.599. The summed E-state index contributed by atoms with van der Waals surface area (Å²) in [6.45, 7) is 7.97. The van der Waals surface area contributed by atoms with Gasteiger partial charge in [-0.25, -0.2) is 0 Å². The summed E-state index contributed by atoms with van der Waals surface area (Å²) >= 11 is 0. The van der Waals surface area contributed by atoms with Gasteiger partial charge in [0.25, 0.3) is 0 Å². The summed E-state index contributed by atoms with van der Waals surface area (Å²) in [6.07, 6.45) is 4.09. The van der Waals surface area contributed by atoms with E-state index in [1.54, 1.807) is 0 Å². The minimum absolute atomic E-state index is 0.599. The number of nitrogens with one attached hydrogen (secondary N) is 1. The molecule has 0 radical (unpaired) electrons. The third-order valence-electron chi connectivity index (χ3n) is 4.42. The lowest BCUT2D eigenvalue weighted by Gasteiger charge is -2.32. The van der Waals surface area contributed by atoms with E-state index >= 15 is 0 Å². The van der Waals surface area contributed by atoms with E-state index < -0.39 is 0 Å². The van der Waals surface area contributed by atoms with Crippen molar-refractivity contribution in [3.8, 4) is 11.5 Å². The second-order valence-electron chi connectivity index (χ2n) is 6.02. The quantitative estimate of drug-likeness (QED) is 0.903. The molecular weight excluding hydrogens is 264 g/mol. The van der Waals surface area contributed by atoms with Crippen LogP contribution in [0, 0.1) is 0 Å². The van der Waals surface area contributed by atoms with Crippen LogP contribution < -0.4 is 14.8 Å². The monoisotopic (exact) mass is 290 g/mol. The number of hydrogen-bond donors (Lipinski definition) is 1. The minimum Gasteiger partial charge on any atom is -0.486 e. The molecule has 2 aliphatic rings. The van der Waals surface area contributed by atoms with Gasteiger partial charge >= 0.3 is 0 Å². The van der Waals surface area contributed by atoms with Crippen LogP contribution in [0.15, 0.2) is 18.2 Å². The summed E-state index contributed by atoms with van der Waals surface area (Å²) in [5.41, 5.74) is 1.19. The van der Waals surface area contributed by atoms with Crippen LogP contribution in [0.3, 0.4) is 0 Å². The van der Waals surface area contributed by atoms with Crippen LogP contribution in [0.2, 0.25) is 0 Å². The highest BCUT2D eigenvalue weighted by molar-refractivity contribution is 5.47. The Morgan fingerprint density at radius 2 is 1.95 bits per heavy atom. The summed E-state index contributed by atoms with van der Waals surface area (Å²) < 4.78 is 11.4. The Morgan fingerprint density at radius 3 is 2.81 bits per heavy atom. The highest BCUT2D eigenvalue weighted by Crippen LogP contribution is 2.33. The van der Waals surface area contributed by atoms with Crippen LogP contribution in [-0.4, -0.2) is 43.8 Å².